The Balaban J connectivity index is 1.52. The van der Waals surface area contributed by atoms with Gasteiger partial charge >= 0.3 is 12.1 Å². The molecule has 7 nitrogen and oxygen atoms in total. The summed E-state index contributed by atoms with van der Waals surface area (Å²) in [6.07, 6.45) is -1.22. The zero-order valence-electron chi connectivity index (χ0n) is 18.4. The first-order valence-corrected chi connectivity index (χ1v) is 10.8. The first-order valence-electron chi connectivity index (χ1n) is 10.5. The van der Waals surface area contributed by atoms with Gasteiger partial charge < -0.3 is 14.4 Å². The van der Waals surface area contributed by atoms with Crippen LogP contribution in [0.4, 0.5) is 10.5 Å². The van der Waals surface area contributed by atoms with E-state index < -0.39 is 18.2 Å². The van der Waals surface area contributed by atoms with Crippen molar-refractivity contribution < 1.29 is 24.0 Å². The van der Waals surface area contributed by atoms with Crippen LogP contribution in [-0.4, -0.2) is 22.3 Å². The topological polar surface area (TPSA) is 102 Å². The minimum Gasteiger partial charge on any atom is -0.478 e. The van der Waals surface area contributed by atoms with Crippen molar-refractivity contribution in [3.05, 3.63) is 94.7 Å². The van der Waals surface area contributed by atoms with Gasteiger partial charge in [0.1, 0.15) is 17.5 Å². The van der Waals surface area contributed by atoms with E-state index >= 15 is 0 Å². The summed E-state index contributed by atoms with van der Waals surface area (Å²) < 4.78 is 10.8. The van der Waals surface area contributed by atoms with Crippen molar-refractivity contribution in [2.24, 2.45) is 0 Å². The first kappa shape index (κ1) is 23.1. The van der Waals surface area contributed by atoms with Crippen molar-refractivity contribution in [2.45, 2.75) is 20.0 Å². The highest BCUT2D eigenvalue weighted by atomic mass is 35.5. The van der Waals surface area contributed by atoms with Crippen LogP contribution in [0.25, 0.3) is 22.4 Å². The van der Waals surface area contributed by atoms with Crippen molar-refractivity contribution >= 4 is 29.4 Å². The van der Waals surface area contributed by atoms with Gasteiger partial charge in [-0.15, -0.1) is 0 Å². The van der Waals surface area contributed by atoms with Gasteiger partial charge in [0.05, 0.1) is 5.56 Å². The number of halogens is 1. The number of amides is 1. The number of nitrogens with one attached hydrogen (secondary N) is 1. The molecular formula is C26H21ClN2O5. The maximum absolute atomic E-state index is 12.6. The van der Waals surface area contributed by atoms with Crippen molar-refractivity contribution in [2.75, 3.05) is 5.32 Å². The van der Waals surface area contributed by atoms with Gasteiger partial charge in [0.15, 0.2) is 5.76 Å². The number of nitrogens with zero attached hydrogens (tertiary/aromatic N) is 1. The molecule has 4 aromatic rings. The van der Waals surface area contributed by atoms with Gasteiger partial charge in [-0.3, -0.25) is 5.32 Å². The van der Waals surface area contributed by atoms with Crippen LogP contribution in [0.5, 0.6) is 0 Å². The highest BCUT2D eigenvalue weighted by Crippen LogP contribution is 2.33. The second-order valence-electron chi connectivity index (χ2n) is 7.62. The minimum atomic E-state index is -0.983. The number of hydrogen-bond donors (Lipinski definition) is 2. The molecule has 1 heterocycles. The molecule has 0 aliphatic heterocycles. The average molecular weight is 477 g/mol. The van der Waals surface area contributed by atoms with Crippen LogP contribution in [0.3, 0.4) is 0 Å². The van der Waals surface area contributed by atoms with Gasteiger partial charge in [-0.25, -0.2) is 9.59 Å². The lowest BCUT2D eigenvalue weighted by Gasteiger charge is -2.15. The quantitative estimate of drug-likeness (QED) is 0.311. The Morgan fingerprint density at radius 1 is 1.00 bits per heavy atom. The second kappa shape index (κ2) is 9.80. The summed E-state index contributed by atoms with van der Waals surface area (Å²) in [4.78, 5) is 23.8. The number of hydrogen-bond acceptors (Lipinski definition) is 5. The lowest BCUT2D eigenvalue weighted by molar-refractivity contribution is 0.0696. The number of carboxylic acids is 1. The van der Waals surface area contributed by atoms with E-state index in [-0.39, 0.29) is 5.56 Å². The molecule has 0 radical (unpaired) electrons. The number of anilines is 1. The molecule has 3 aromatic carbocycles. The third-order valence-electron chi connectivity index (χ3n) is 5.32. The standard InChI is InChI=1S/C26H21ClN2O5/c1-15(21-8-3-4-9-22(21)27)33-26(32)28-23-16(2)34-29-24(23)18-12-10-17(11-13-18)19-6-5-7-20(14-19)25(30)31/h3-15H,1-2H3,(H,28,32)(H,30,31). The fourth-order valence-electron chi connectivity index (χ4n) is 3.53. The molecular weight excluding hydrogens is 456 g/mol. The fraction of sp³-hybridized carbons (Fsp3) is 0.115. The molecule has 0 saturated carbocycles. The molecule has 4 rings (SSSR count). The molecule has 1 aromatic heterocycles. The largest absolute Gasteiger partial charge is 0.478 e. The van der Waals surface area contributed by atoms with Crippen molar-refractivity contribution in [1.29, 1.82) is 0 Å². The number of carbonyl (C=O) groups excluding carboxylic acids is 1. The fourth-order valence-corrected chi connectivity index (χ4v) is 3.82. The molecule has 0 aliphatic rings. The molecule has 8 heteroatoms. The zero-order valence-corrected chi connectivity index (χ0v) is 19.2. The number of ether oxygens (including phenoxy) is 1. The van der Waals surface area contributed by atoms with Crippen molar-refractivity contribution in [3.8, 4) is 22.4 Å². The predicted molar refractivity (Wildman–Crippen MR) is 129 cm³/mol. The highest BCUT2D eigenvalue weighted by molar-refractivity contribution is 6.31. The van der Waals surface area contributed by atoms with Crippen LogP contribution >= 0.6 is 11.6 Å². The lowest BCUT2D eigenvalue weighted by atomic mass is 10.0. The summed E-state index contributed by atoms with van der Waals surface area (Å²) in [6.45, 7) is 3.43. The van der Waals surface area contributed by atoms with Gasteiger partial charge in [0, 0.05) is 16.1 Å². The summed E-state index contributed by atoms with van der Waals surface area (Å²) in [5.74, 6) is -0.557. The Morgan fingerprint density at radius 3 is 2.41 bits per heavy atom. The van der Waals surface area contributed by atoms with Gasteiger partial charge in [0.25, 0.3) is 0 Å². The van der Waals surface area contributed by atoms with Crippen molar-refractivity contribution in [1.82, 2.24) is 5.16 Å². The highest BCUT2D eigenvalue weighted by Gasteiger charge is 2.20. The van der Waals surface area contributed by atoms with Crippen LogP contribution in [0, 0.1) is 6.92 Å². The Morgan fingerprint density at radius 2 is 1.71 bits per heavy atom. The zero-order chi connectivity index (χ0) is 24.2. The number of rotatable bonds is 6. The molecule has 0 bridgehead atoms. The average Bonchev–Trinajstić information content (AvgIpc) is 3.19. The van der Waals surface area contributed by atoms with Gasteiger partial charge in [0.2, 0.25) is 0 Å². The Kier molecular flexibility index (Phi) is 6.65. The summed E-state index contributed by atoms with van der Waals surface area (Å²) in [5.41, 5.74) is 4.09. The Hall–Kier alpha value is -4.10. The summed E-state index contributed by atoms with van der Waals surface area (Å²) in [5, 5.41) is 16.5. The summed E-state index contributed by atoms with van der Waals surface area (Å²) in [7, 11) is 0. The molecule has 172 valence electrons. The van der Waals surface area contributed by atoms with E-state index in [9.17, 15) is 14.7 Å². The maximum Gasteiger partial charge on any atom is 0.412 e. The number of carboxylic acid groups (broad SMARTS) is 1. The van der Waals surface area contributed by atoms with E-state index in [2.05, 4.69) is 10.5 Å². The van der Waals surface area contributed by atoms with Crippen LogP contribution in [0.15, 0.2) is 77.3 Å². The normalized spacial score (nSPS) is 11.6. The molecule has 0 fully saturated rings. The number of aromatic nitrogens is 1. The Bertz CT molecular complexity index is 1350. The molecule has 1 atom stereocenters. The summed E-state index contributed by atoms with van der Waals surface area (Å²) >= 11 is 6.19. The second-order valence-corrected chi connectivity index (χ2v) is 8.03. The SMILES string of the molecule is Cc1onc(-c2ccc(-c3cccc(C(=O)O)c3)cc2)c1NC(=O)OC(C)c1ccccc1Cl. The number of aryl methyl sites for hydroxylation is 1. The third-order valence-corrected chi connectivity index (χ3v) is 5.66. The van der Waals surface area contributed by atoms with E-state index in [1.165, 1.54) is 0 Å². The van der Waals surface area contributed by atoms with Crippen LogP contribution in [0.1, 0.15) is 34.7 Å². The van der Waals surface area contributed by atoms with E-state index in [1.54, 1.807) is 50.2 Å². The van der Waals surface area contributed by atoms with E-state index in [4.69, 9.17) is 20.9 Å². The van der Waals surface area contributed by atoms with E-state index in [0.717, 1.165) is 11.1 Å². The molecule has 1 amide bonds. The van der Waals surface area contributed by atoms with Gasteiger partial charge in [-0.1, -0.05) is 71.4 Å². The first-order chi connectivity index (χ1) is 16.3. The number of aromatic carboxylic acids is 1. The minimum absolute atomic E-state index is 0.213. The van der Waals surface area contributed by atoms with Crippen LogP contribution in [0.2, 0.25) is 5.02 Å². The number of benzene rings is 3. The molecule has 0 aliphatic carbocycles. The third kappa shape index (κ3) is 4.94. The lowest BCUT2D eigenvalue weighted by Crippen LogP contribution is -2.17. The smallest absolute Gasteiger partial charge is 0.412 e. The van der Waals surface area contributed by atoms with Crippen molar-refractivity contribution in [3.63, 3.8) is 0 Å². The Labute approximate surface area is 200 Å². The van der Waals surface area contributed by atoms with Crippen LogP contribution in [-0.2, 0) is 4.74 Å². The molecule has 2 N–H and O–H groups in total. The van der Waals surface area contributed by atoms with E-state index in [1.807, 2.05) is 36.4 Å². The van der Waals surface area contributed by atoms with Crippen LogP contribution < -0.4 is 5.32 Å². The molecule has 0 spiro atoms. The monoisotopic (exact) mass is 476 g/mol. The molecule has 34 heavy (non-hydrogen) atoms. The molecule has 0 saturated heterocycles. The van der Waals surface area contributed by atoms with Gasteiger partial charge in [-0.2, -0.15) is 0 Å². The predicted octanol–water partition coefficient (Wildman–Crippen LogP) is 6.98. The molecule has 1 unspecified atom stereocenters. The summed E-state index contributed by atoms with van der Waals surface area (Å²) in [6, 6.07) is 21.2. The number of carbonyl (C=O) groups is 2. The maximum atomic E-state index is 12.6. The van der Waals surface area contributed by atoms with E-state index in [0.29, 0.717) is 33.3 Å². The van der Waals surface area contributed by atoms with Gasteiger partial charge in [-0.05, 0) is 43.2 Å².